The molecule has 0 saturated carbocycles. The maximum absolute atomic E-state index is 13.3. The van der Waals surface area contributed by atoms with Gasteiger partial charge < -0.3 is 5.32 Å². The summed E-state index contributed by atoms with van der Waals surface area (Å²) in [6.07, 6.45) is 1.71. The Labute approximate surface area is 184 Å². The number of anilines is 1. The van der Waals surface area contributed by atoms with Crippen LogP contribution < -0.4 is 9.62 Å². The molecule has 0 saturated heterocycles. The first-order valence-corrected chi connectivity index (χ1v) is 12.4. The van der Waals surface area contributed by atoms with Crippen LogP contribution in [0.1, 0.15) is 12.0 Å². The Bertz CT molecular complexity index is 958. The molecule has 158 valence electrons. The van der Waals surface area contributed by atoms with Crippen LogP contribution in [0.4, 0.5) is 10.1 Å². The number of nitrogens with zero attached hydrogens (tertiary/aromatic N) is 1. The second-order valence-electron chi connectivity index (χ2n) is 6.25. The Morgan fingerprint density at radius 1 is 1.21 bits per heavy atom. The summed E-state index contributed by atoms with van der Waals surface area (Å²) in [7, 11) is -3.74. The van der Waals surface area contributed by atoms with Crippen molar-refractivity contribution in [3.05, 3.63) is 63.9 Å². The lowest BCUT2D eigenvalue weighted by molar-refractivity contribution is -0.119. The number of thioether (sulfide) groups is 1. The maximum Gasteiger partial charge on any atom is 0.240 e. The molecule has 29 heavy (non-hydrogen) atoms. The Kier molecular flexibility index (Phi) is 9.07. The monoisotopic (exact) mass is 478 g/mol. The van der Waals surface area contributed by atoms with Gasteiger partial charge in [0, 0.05) is 17.3 Å². The third-order valence-corrected chi connectivity index (χ3v) is 6.60. The lowest BCUT2D eigenvalue weighted by Crippen LogP contribution is -2.40. The summed E-state index contributed by atoms with van der Waals surface area (Å²) in [4.78, 5) is 12.2. The van der Waals surface area contributed by atoms with Crippen LogP contribution in [0.3, 0.4) is 0 Å². The predicted octanol–water partition coefficient (Wildman–Crippen LogP) is 4.34. The van der Waals surface area contributed by atoms with Crippen LogP contribution in [0, 0.1) is 5.82 Å². The third-order valence-electron chi connectivity index (χ3n) is 3.82. The van der Waals surface area contributed by atoms with Crippen LogP contribution in [-0.2, 0) is 20.6 Å². The topological polar surface area (TPSA) is 66.5 Å². The van der Waals surface area contributed by atoms with E-state index in [0.717, 1.165) is 40.1 Å². The van der Waals surface area contributed by atoms with E-state index in [4.69, 9.17) is 23.2 Å². The molecule has 2 rings (SSSR count). The average Bonchev–Trinajstić information content (AvgIpc) is 2.64. The van der Waals surface area contributed by atoms with Gasteiger partial charge in [-0.3, -0.25) is 9.10 Å². The van der Waals surface area contributed by atoms with Crippen molar-refractivity contribution < 1.29 is 17.6 Å². The molecule has 0 aliphatic carbocycles. The molecule has 2 aromatic carbocycles. The standard InChI is InChI=1S/C19H21Cl2FN2O3S2/c1-29(26,27)24(16-6-7-18(22)17(21)11-16)12-19(25)23-8-3-9-28-13-14-4-2-5-15(20)10-14/h2,4-7,10-11H,3,8-9,12-13H2,1H3,(H,23,25). The summed E-state index contributed by atoms with van der Waals surface area (Å²) in [5, 5.41) is 3.19. The summed E-state index contributed by atoms with van der Waals surface area (Å²) >= 11 is 13.4. The second-order valence-corrected chi connectivity index (χ2v) is 10.1. The number of carbonyl (C=O) groups is 1. The van der Waals surface area contributed by atoms with Crippen molar-refractivity contribution in [1.29, 1.82) is 0 Å². The maximum atomic E-state index is 13.3. The SMILES string of the molecule is CS(=O)(=O)N(CC(=O)NCCCSCc1cccc(Cl)c1)c1ccc(F)c(Cl)c1. The molecule has 0 aliphatic heterocycles. The molecule has 2 aromatic rings. The van der Waals surface area contributed by atoms with E-state index in [9.17, 15) is 17.6 Å². The van der Waals surface area contributed by atoms with Crippen LogP contribution in [0.2, 0.25) is 10.0 Å². The molecular formula is C19H21Cl2FN2O3S2. The van der Waals surface area contributed by atoms with Gasteiger partial charge in [0.25, 0.3) is 0 Å². The van der Waals surface area contributed by atoms with Crippen LogP contribution in [0.15, 0.2) is 42.5 Å². The first-order valence-electron chi connectivity index (χ1n) is 8.68. The molecule has 0 spiro atoms. The number of hydrogen-bond donors (Lipinski definition) is 1. The zero-order valence-electron chi connectivity index (χ0n) is 15.7. The van der Waals surface area contributed by atoms with Gasteiger partial charge in [0.05, 0.1) is 17.0 Å². The third kappa shape index (κ3) is 8.04. The fourth-order valence-corrected chi connectivity index (χ4v) is 4.59. The zero-order chi connectivity index (χ0) is 21.4. The molecule has 1 amide bonds. The fourth-order valence-electron chi connectivity index (χ4n) is 2.45. The predicted molar refractivity (Wildman–Crippen MR) is 119 cm³/mol. The Balaban J connectivity index is 1.79. The van der Waals surface area contributed by atoms with Crippen molar-refractivity contribution >= 4 is 56.6 Å². The van der Waals surface area contributed by atoms with Crippen molar-refractivity contribution in [3.8, 4) is 0 Å². The van der Waals surface area contributed by atoms with Crippen LogP contribution in [0.25, 0.3) is 0 Å². The van der Waals surface area contributed by atoms with Crippen LogP contribution in [0.5, 0.6) is 0 Å². The summed E-state index contributed by atoms with van der Waals surface area (Å²) in [5.41, 5.74) is 1.26. The van der Waals surface area contributed by atoms with Gasteiger partial charge in [-0.2, -0.15) is 11.8 Å². The van der Waals surface area contributed by atoms with Gasteiger partial charge in [-0.1, -0.05) is 35.3 Å². The second kappa shape index (κ2) is 11.1. The molecule has 5 nitrogen and oxygen atoms in total. The number of halogens is 3. The molecule has 0 radical (unpaired) electrons. The van der Waals surface area contributed by atoms with E-state index in [1.54, 1.807) is 11.8 Å². The quantitative estimate of drug-likeness (QED) is 0.515. The first kappa shape index (κ1) is 23.8. The molecular weight excluding hydrogens is 458 g/mol. The van der Waals surface area contributed by atoms with E-state index in [1.807, 2.05) is 24.3 Å². The average molecular weight is 479 g/mol. The van der Waals surface area contributed by atoms with E-state index in [0.29, 0.717) is 11.6 Å². The molecule has 0 fully saturated rings. The van der Waals surface area contributed by atoms with Gasteiger partial charge >= 0.3 is 0 Å². The lowest BCUT2D eigenvalue weighted by Gasteiger charge is -2.22. The van der Waals surface area contributed by atoms with Gasteiger partial charge in [-0.05, 0) is 48.1 Å². The van der Waals surface area contributed by atoms with Crippen molar-refractivity contribution in [1.82, 2.24) is 5.32 Å². The van der Waals surface area contributed by atoms with Crippen molar-refractivity contribution in [2.45, 2.75) is 12.2 Å². The number of amides is 1. The number of hydrogen-bond acceptors (Lipinski definition) is 4. The Morgan fingerprint density at radius 2 is 1.97 bits per heavy atom. The highest BCUT2D eigenvalue weighted by Crippen LogP contribution is 2.24. The van der Waals surface area contributed by atoms with E-state index in [1.165, 1.54) is 12.1 Å². The lowest BCUT2D eigenvalue weighted by atomic mass is 10.2. The number of benzene rings is 2. The highest BCUT2D eigenvalue weighted by atomic mass is 35.5. The summed E-state index contributed by atoms with van der Waals surface area (Å²) in [6, 6.07) is 11.1. The van der Waals surface area contributed by atoms with Gasteiger partial charge in [0.15, 0.2) is 0 Å². The van der Waals surface area contributed by atoms with Crippen LogP contribution >= 0.6 is 35.0 Å². The van der Waals surface area contributed by atoms with E-state index >= 15 is 0 Å². The number of nitrogens with one attached hydrogen (secondary N) is 1. The molecule has 0 aliphatic rings. The molecule has 0 bridgehead atoms. The molecule has 0 atom stereocenters. The summed E-state index contributed by atoms with van der Waals surface area (Å²) in [6.45, 7) is 0.0135. The highest BCUT2D eigenvalue weighted by molar-refractivity contribution is 7.98. The minimum atomic E-state index is -3.74. The van der Waals surface area contributed by atoms with E-state index < -0.39 is 28.3 Å². The number of carbonyl (C=O) groups excluding carboxylic acids is 1. The molecule has 10 heteroatoms. The van der Waals surface area contributed by atoms with E-state index in [-0.39, 0.29) is 10.7 Å². The van der Waals surface area contributed by atoms with Gasteiger partial charge in [-0.25, -0.2) is 12.8 Å². The van der Waals surface area contributed by atoms with Crippen LogP contribution in [-0.4, -0.2) is 39.4 Å². The minimum absolute atomic E-state index is 0.131. The highest BCUT2D eigenvalue weighted by Gasteiger charge is 2.21. The minimum Gasteiger partial charge on any atom is -0.354 e. The first-order chi connectivity index (χ1) is 13.7. The fraction of sp³-hybridized carbons (Fsp3) is 0.316. The van der Waals surface area contributed by atoms with Gasteiger partial charge in [0.1, 0.15) is 12.4 Å². The van der Waals surface area contributed by atoms with Gasteiger partial charge in [-0.15, -0.1) is 0 Å². The molecule has 0 unspecified atom stereocenters. The smallest absolute Gasteiger partial charge is 0.240 e. The van der Waals surface area contributed by atoms with Crippen molar-refractivity contribution in [2.75, 3.05) is 29.4 Å². The molecule has 1 N–H and O–H groups in total. The Hall–Kier alpha value is -1.48. The van der Waals surface area contributed by atoms with Crippen molar-refractivity contribution in [2.24, 2.45) is 0 Å². The normalized spacial score (nSPS) is 11.3. The number of rotatable bonds is 10. The summed E-state index contributed by atoms with van der Waals surface area (Å²) < 4.78 is 38.3. The summed E-state index contributed by atoms with van der Waals surface area (Å²) in [5.74, 6) is 0.539. The van der Waals surface area contributed by atoms with E-state index in [2.05, 4.69) is 5.32 Å². The largest absolute Gasteiger partial charge is 0.354 e. The van der Waals surface area contributed by atoms with Gasteiger partial charge in [0.2, 0.25) is 15.9 Å². The zero-order valence-corrected chi connectivity index (χ0v) is 18.8. The van der Waals surface area contributed by atoms with Crippen molar-refractivity contribution in [3.63, 3.8) is 0 Å². The molecule has 0 aromatic heterocycles. The Morgan fingerprint density at radius 3 is 2.62 bits per heavy atom. The number of sulfonamides is 1. The molecule has 0 heterocycles.